The lowest BCUT2D eigenvalue weighted by molar-refractivity contribution is -0.386. The van der Waals surface area contributed by atoms with Crippen LogP contribution in [0.5, 0.6) is 5.88 Å². The summed E-state index contributed by atoms with van der Waals surface area (Å²) in [5, 5.41) is 19.2. The van der Waals surface area contributed by atoms with Crippen LogP contribution in [-0.4, -0.2) is 27.3 Å². The first-order valence-electron chi connectivity index (χ1n) is 4.27. The minimum atomic E-state index is -5.06. The highest BCUT2D eigenvalue weighted by molar-refractivity contribution is 5.90. The summed E-state index contributed by atoms with van der Waals surface area (Å²) in [6.07, 6.45) is -5.06. The number of alkyl halides is 3. The van der Waals surface area contributed by atoms with Crippen molar-refractivity contribution in [2.45, 2.75) is 13.3 Å². The number of ether oxygens (including phenoxy) is 1. The van der Waals surface area contributed by atoms with Crippen molar-refractivity contribution in [3.8, 4) is 5.88 Å². The fraction of sp³-hybridized carbons (Fsp3) is 0.250. The molecule has 0 aliphatic carbocycles. The van der Waals surface area contributed by atoms with Crippen LogP contribution < -0.4 is 4.74 Å². The Hall–Kier alpha value is -2.39. The molecule has 1 heterocycles. The lowest BCUT2D eigenvalue weighted by Gasteiger charge is -2.09. The number of nitrogens with zero attached hydrogens (tertiary/aromatic N) is 2. The van der Waals surface area contributed by atoms with Crippen molar-refractivity contribution in [3.05, 3.63) is 27.4 Å². The van der Waals surface area contributed by atoms with Gasteiger partial charge in [-0.2, -0.15) is 4.98 Å². The zero-order valence-corrected chi connectivity index (χ0v) is 8.69. The van der Waals surface area contributed by atoms with E-state index < -0.39 is 34.5 Å². The molecule has 98 valence electrons. The quantitative estimate of drug-likeness (QED) is 0.662. The number of aryl methyl sites for hydroxylation is 1. The Morgan fingerprint density at radius 1 is 1.56 bits per heavy atom. The molecule has 0 saturated heterocycles. The lowest BCUT2D eigenvalue weighted by Crippen LogP contribution is -2.19. The highest BCUT2D eigenvalue weighted by Crippen LogP contribution is 2.28. The van der Waals surface area contributed by atoms with Crippen LogP contribution in [0.2, 0.25) is 0 Å². The van der Waals surface area contributed by atoms with Gasteiger partial charge >= 0.3 is 18.0 Å². The molecule has 0 saturated carbocycles. The zero-order valence-electron chi connectivity index (χ0n) is 8.69. The van der Waals surface area contributed by atoms with E-state index in [2.05, 4.69) is 9.72 Å². The van der Waals surface area contributed by atoms with E-state index in [4.69, 9.17) is 5.11 Å². The van der Waals surface area contributed by atoms with E-state index in [1.165, 1.54) is 0 Å². The number of carbonyl (C=O) groups is 1. The smallest absolute Gasteiger partial charge is 0.476 e. The average molecular weight is 266 g/mol. The maximum Gasteiger partial charge on any atom is 0.574 e. The van der Waals surface area contributed by atoms with Gasteiger partial charge in [-0.3, -0.25) is 10.1 Å². The predicted octanol–water partition coefficient (Wildman–Crippen LogP) is 1.90. The molecule has 18 heavy (non-hydrogen) atoms. The van der Waals surface area contributed by atoms with Gasteiger partial charge in [0.2, 0.25) is 11.6 Å². The Morgan fingerprint density at radius 3 is 2.50 bits per heavy atom. The Kier molecular flexibility index (Phi) is 3.39. The van der Waals surface area contributed by atoms with Crippen LogP contribution in [0.1, 0.15) is 16.1 Å². The van der Waals surface area contributed by atoms with Crippen molar-refractivity contribution in [1.82, 2.24) is 4.98 Å². The number of aromatic nitrogens is 1. The summed E-state index contributed by atoms with van der Waals surface area (Å²) in [4.78, 5) is 23.2. The topological polar surface area (TPSA) is 103 Å². The fourth-order valence-corrected chi connectivity index (χ4v) is 1.19. The SMILES string of the molecule is Cc1cc(OC(F)(F)F)nc(C(=O)O)c1[N+](=O)[O-]. The molecule has 0 atom stereocenters. The van der Waals surface area contributed by atoms with E-state index in [0.29, 0.717) is 6.07 Å². The first-order valence-corrected chi connectivity index (χ1v) is 4.27. The Morgan fingerprint density at radius 2 is 2.11 bits per heavy atom. The molecule has 0 unspecified atom stereocenters. The van der Waals surface area contributed by atoms with Gasteiger partial charge in [0.15, 0.2) is 0 Å². The van der Waals surface area contributed by atoms with E-state index in [0.717, 1.165) is 6.92 Å². The van der Waals surface area contributed by atoms with E-state index in [1.54, 1.807) is 0 Å². The summed E-state index contributed by atoms with van der Waals surface area (Å²) >= 11 is 0. The van der Waals surface area contributed by atoms with Gasteiger partial charge in [-0.1, -0.05) is 0 Å². The van der Waals surface area contributed by atoms with Crippen LogP contribution in [0.25, 0.3) is 0 Å². The third-order valence-corrected chi connectivity index (χ3v) is 1.77. The summed E-state index contributed by atoms with van der Waals surface area (Å²) in [5.41, 5.74) is -2.29. The van der Waals surface area contributed by atoms with E-state index in [1.807, 2.05) is 0 Å². The van der Waals surface area contributed by atoms with Crippen molar-refractivity contribution >= 4 is 11.7 Å². The van der Waals surface area contributed by atoms with Gasteiger partial charge in [-0.05, 0) is 6.92 Å². The Bertz CT molecular complexity index is 514. The molecule has 1 N–H and O–H groups in total. The number of carboxylic acid groups (broad SMARTS) is 1. The van der Waals surface area contributed by atoms with Crippen LogP contribution in [0.3, 0.4) is 0 Å². The standard InChI is InChI=1S/C8H5F3N2O5/c1-3-2-4(18-8(9,10)11)12-5(7(14)15)6(3)13(16)17/h2H,1H3,(H,14,15). The first kappa shape index (κ1) is 13.7. The van der Waals surface area contributed by atoms with Gasteiger partial charge in [0, 0.05) is 11.6 Å². The third-order valence-electron chi connectivity index (χ3n) is 1.77. The second kappa shape index (κ2) is 4.47. The summed E-state index contributed by atoms with van der Waals surface area (Å²) < 4.78 is 39.2. The molecule has 0 bridgehead atoms. The summed E-state index contributed by atoms with van der Waals surface area (Å²) in [7, 11) is 0. The zero-order chi connectivity index (χ0) is 14.1. The maximum atomic E-state index is 11.9. The average Bonchev–Trinajstić information content (AvgIpc) is 2.12. The van der Waals surface area contributed by atoms with Crippen LogP contribution in [0, 0.1) is 17.0 Å². The van der Waals surface area contributed by atoms with Crippen LogP contribution in [-0.2, 0) is 0 Å². The van der Waals surface area contributed by atoms with Gasteiger partial charge in [-0.25, -0.2) is 4.79 Å². The molecule has 0 amide bonds. The van der Waals surface area contributed by atoms with Crippen LogP contribution in [0.15, 0.2) is 6.07 Å². The Labute approximate surface area is 97.0 Å². The summed E-state index contributed by atoms with van der Waals surface area (Å²) in [5.74, 6) is -2.89. The summed E-state index contributed by atoms with van der Waals surface area (Å²) in [6, 6.07) is 0.637. The molecule has 0 aliphatic heterocycles. The minimum Gasteiger partial charge on any atom is -0.476 e. The Balaban J connectivity index is 3.37. The van der Waals surface area contributed by atoms with Gasteiger partial charge in [0.25, 0.3) is 0 Å². The second-order valence-corrected chi connectivity index (χ2v) is 3.08. The monoisotopic (exact) mass is 266 g/mol. The van der Waals surface area contributed by atoms with E-state index in [9.17, 15) is 28.1 Å². The molecule has 0 spiro atoms. The first-order chi connectivity index (χ1) is 8.11. The molecule has 10 heteroatoms. The number of pyridine rings is 1. The number of nitro groups is 1. The molecule has 7 nitrogen and oxygen atoms in total. The summed E-state index contributed by atoms with van der Waals surface area (Å²) in [6.45, 7) is 1.08. The molecule has 1 aromatic rings. The number of halogens is 3. The molecule has 0 radical (unpaired) electrons. The molecule has 0 fully saturated rings. The molecular formula is C8H5F3N2O5. The van der Waals surface area contributed by atoms with Crippen LogP contribution in [0.4, 0.5) is 18.9 Å². The van der Waals surface area contributed by atoms with Crippen molar-refractivity contribution in [1.29, 1.82) is 0 Å². The van der Waals surface area contributed by atoms with Gasteiger partial charge in [-0.15, -0.1) is 13.2 Å². The molecule has 0 aromatic carbocycles. The molecule has 1 rings (SSSR count). The van der Waals surface area contributed by atoms with Crippen LogP contribution >= 0.6 is 0 Å². The number of aromatic carboxylic acids is 1. The fourth-order valence-electron chi connectivity index (χ4n) is 1.19. The van der Waals surface area contributed by atoms with Gasteiger partial charge in [0.05, 0.1) is 4.92 Å². The highest BCUT2D eigenvalue weighted by atomic mass is 19.4. The largest absolute Gasteiger partial charge is 0.574 e. The minimum absolute atomic E-state index is 0.299. The second-order valence-electron chi connectivity index (χ2n) is 3.08. The lowest BCUT2D eigenvalue weighted by atomic mass is 10.2. The van der Waals surface area contributed by atoms with Crippen molar-refractivity contribution in [3.63, 3.8) is 0 Å². The van der Waals surface area contributed by atoms with Crippen molar-refractivity contribution in [2.24, 2.45) is 0 Å². The normalized spacial score (nSPS) is 11.1. The number of hydrogen-bond donors (Lipinski definition) is 1. The number of hydrogen-bond acceptors (Lipinski definition) is 5. The van der Waals surface area contributed by atoms with Crippen molar-refractivity contribution < 1.29 is 32.7 Å². The molecule has 1 aromatic heterocycles. The number of carboxylic acids is 1. The molecule has 0 aliphatic rings. The van der Waals surface area contributed by atoms with Gasteiger partial charge in [0.1, 0.15) is 0 Å². The number of rotatable bonds is 3. The van der Waals surface area contributed by atoms with Gasteiger partial charge < -0.3 is 9.84 Å². The highest BCUT2D eigenvalue weighted by Gasteiger charge is 2.34. The maximum absolute atomic E-state index is 11.9. The van der Waals surface area contributed by atoms with Crippen molar-refractivity contribution in [2.75, 3.05) is 0 Å². The third kappa shape index (κ3) is 3.06. The molecular weight excluding hydrogens is 261 g/mol. The van der Waals surface area contributed by atoms with E-state index >= 15 is 0 Å². The predicted molar refractivity (Wildman–Crippen MR) is 49.3 cm³/mol. The van der Waals surface area contributed by atoms with E-state index in [-0.39, 0.29) is 5.56 Å².